The second-order valence-corrected chi connectivity index (χ2v) is 6.34. The van der Waals surface area contributed by atoms with Crippen molar-refractivity contribution in [2.75, 3.05) is 6.54 Å². The zero-order chi connectivity index (χ0) is 16.1. The van der Waals surface area contributed by atoms with E-state index < -0.39 is 6.10 Å². The molecule has 2 atom stereocenters. The van der Waals surface area contributed by atoms with Crippen molar-refractivity contribution in [2.24, 2.45) is 5.92 Å². The molecule has 0 fully saturated rings. The van der Waals surface area contributed by atoms with E-state index in [1.165, 1.54) is 0 Å². The molecule has 0 aliphatic rings. The van der Waals surface area contributed by atoms with Gasteiger partial charge in [-0.25, -0.2) is 0 Å². The number of nitrogens with one attached hydrogen (secondary N) is 1. The molecular weight excluding hydrogens is 296 g/mol. The van der Waals surface area contributed by atoms with E-state index in [-0.39, 0.29) is 6.04 Å². The Morgan fingerprint density at radius 3 is 2.45 bits per heavy atom. The van der Waals surface area contributed by atoms with Crippen molar-refractivity contribution in [1.82, 2.24) is 10.3 Å². The monoisotopic (exact) mass is 318 g/mol. The SMILES string of the molecule is Cc1cccnc1C(NCC(O)c1ccc(Cl)cc1)C(C)C. The van der Waals surface area contributed by atoms with Gasteiger partial charge in [0.05, 0.1) is 17.8 Å². The Kier molecular flexibility index (Phi) is 5.95. The van der Waals surface area contributed by atoms with Crippen LogP contribution in [0.4, 0.5) is 0 Å². The lowest BCUT2D eigenvalue weighted by Gasteiger charge is -2.25. The molecule has 1 heterocycles. The number of hydrogen-bond donors (Lipinski definition) is 2. The fourth-order valence-electron chi connectivity index (χ4n) is 2.51. The van der Waals surface area contributed by atoms with Crippen LogP contribution in [0.15, 0.2) is 42.6 Å². The molecule has 0 spiro atoms. The van der Waals surface area contributed by atoms with E-state index in [1.54, 1.807) is 12.1 Å². The van der Waals surface area contributed by atoms with Crippen LogP contribution in [0.5, 0.6) is 0 Å². The van der Waals surface area contributed by atoms with Gasteiger partial charge >= 0.3 is 0 Å². The van der Waals surface area contributed by atoms with Crippen LogP contribution in [0.2, 0.25) is 5.02 Å². The first-order chi connectivity index (χ1) is 10.5. The normalized spacial score (nSPS) is 14.1. The summed E-state index contributed by atoms with van der Waals surface area (Å²) < 4.78 is 0. The van der Waals surface area contributed by atoms with Crippen molar-refractivity contribution < 1.29 is 5.11 Å². The molecule has 0 radical (unpaired) electrons. The van der Waals surface area contributed by atoms with E-state index in [2.05, 4.69) is 37.1 Å². The van der Waals surface area contributed by atoms with Crippen molar-refractivity contribution >= 4 is 11.6 Å². The number of aryl methyl sites for hydroxylation is 1. The minimum atomic E-state index is -0.567. The number of pyridine rings is 1. The maximum Gasteiger partial charge on any atom is 0.0914 e. The van der Waals surface area contributed by atoms with Gasteiger partial charge in [0, 0.05) is 17.8 Å². The van der Waals surface area contributed by atoms with Gasteiger partial charge < -0.3 is 10.4 Å². The fourth-order valence-corrected chi connectivity index (χ4v) is 2.64. The molecule has 0 saturated heterocycles. The van der Waals surface area contributed by atoms with Gasteiger partial charge in [0.15, 0.2) is 0 Å². The van der Waals surface area contributed by atoms with Gasteiger partial charge in [-0.05, 0) is 42.2 Å². The van der Waals surface area contributed by atoms with E-state index in [9.17, 15) is 5.11 Å². The van der Waals surface area contributed by atoms with Gasteiger partial charge in [-0.3, -0.25) is 4.98 Å². The average Bonchev–Trinajstić information content (AvgIpc) is 2.49. The molecular formula is C18H23ClN2O. The number of rotatable bonds is 6. The highest BCUT2D eigenvalue weighted by atomic mass is 35.5. The smallest absolute Gasteiger partial charge is 0.0914 e. The summed E-state index contributed by atoms with van der Waals surface area (Å²) in [5.41, 5.74) is 3.06. The lowest BCUT2D eigenvalue weighted by Crippen LogP contribution is -2.31. The lowest BCUT2D eigenvalue weighted by atomic mass is 9.97. The summed E-state index contributed by atoms with van der Waals surface area (Å²) in [6.45, 7) is 6.84. The molecule has 2 aromatic rings. The number of aromatic nitrogens is 1. The van der Waals surface area contributed by atoms with Gasteiger partial charge in [-0.2, -0.15) is 0 Å². The Bertz CT molecular complexity index is 598. The van der Waals surface area contributed by atoms with Crippen molar-refractivity contribution in [3.8, 4) is 0 Å². The minimum Gasteiger partial charge on any atom is -0.387 e. The van der Waals surface area contributed by atoms with Gasteiger partial charge in [-0.15, -0.1) is 0 Å². The van der Waals surface area contributed by atoms with Crippen LogP contribution in [-0.2, 0) is 0 Å². The Balaban J connectivity index is 2.06. The van der Waals surface area contributed by atoms with Crippen LogP contribution in [-0.4, -0.2) is 16.6 Å². The Hall–Kier alpha value is -1.42. The summed E-state index contributed by atoms with van der Waals surface area (Å²) in [7, 11) is 0. The van der Waals surface area contributed by atoms with Crippen LogP contribution in [0.25, 0.3) is 0 Å². The second kappa shape index (κ2) is 7.73. The van der Waals surface area contributed by atoms with E-state index in [1.807, 2.05) is 24.4 Å². The number of benzene rings is 1. The van der Waals surface area contributed by atoms with Crippen molar-refractivity contribution in [2.45, 2.75) is 32.9 Å². The molecule has 2 N–H and O–H groups in total. The molecule has 0 amide bonds. The molecule has 0 aliphatic carbocycles. The minimum absolute atomic E-state index is 0.114. The van der Waals surface area contributed by atoms with Crippen LogP contribution in [0, 0.1) is 12.8 Å². The first kappa shape index (κ1) is 16.9. The molecule has 118 valence electrons. The van der Waals surface area contributed by atoms with Gasteiger partial charge in [-0.1, -0.05) is 43.6 Å². The predicted octanol–water partition coefficient (Wildman–Crippen LogP) is 4.06. The molecule has 22 heavy (non-hydrogen) atoms. The van der Waals surface area contributed by atoms with E-state index in [0.717, 1.165) is 16.8 Å². The highest BCUT2D eigenvalue weighted by Crippen LogP contribution is 2.24. The molecule has 2 rings (SSSR count). The molecule has 3 nitrogen and oxygen atoms in total. The topological polar surface area (TPSA) is 45.2 Å². The molecule has 1 aromatic carbocycles. The van der Waals surface area contributed by atoms with Crippen molar-refractivity contribution in [3.05, 3.63) is 64.4 Å². The Labute approximate surface area is 137 Å². The molecule has 0 bridgehead atoms. The molecule has 4 heteroatoms. The number of hydrogen-bond acceptors (Lipinski definition) is 3. The fraction of sp³-hybridized carbons (Fsp3) is 0.389. The first-order valence-electron chi connectivity index (χ1n) is 7.57. The maximum atomic E-state index is 10.3. The molecule has 2 unspecified atom stereocenters. The molecule has 0 saturated carbocycles. The molecule has 1 aromatic heterocycles. The average molecular weight is 319 g/mol. The van der Waals surface area contributed by atoms with Gasteiger partial charge in [0.1, 0.15) is 0 Å². The maximum absolute atomic E-state index is 10.3. The summed E-state index contributed by atoms with van der Waals surface area (Å²) in [5, 5.41) is 14.5. The third-order valence-corrected chi connectivity index (χ3v) is 4.05. The third kappa shape index (κ3) is 4.29. The van der Waals surface area contributed by atoms with Crippen LogP contribution >= 0.6 is 11.6 Å². The molecule has 0 aliphatic heterocycles. The number of aliphatic hydroxyl groups excluding tert-OH is 1. The standard InChI is InChI=1S/C18H23ClN2O/c1-12(2)17(18-13(3)5-4-10-20-18)21-11-16(22)14-6-8-15(19)9-7-14/h4-10,12,16-17,21-22H,11H2,1-3H3. The highest BCUT2D eigenvalue weighted by molar-refractivity contribution is 6.30. The van der Waals surface area contributed by atoms with Crippen LogP contribution < -0.4 is 5.32 Å². The van der Waals surface area contributed by atoms with Crippen molar-refractivity contribution in [1.29, 1.82) is 0 Å². The number of halogens is 1. The predicted molar refractivity (Wildman–Crippen MR) is 91.0 cm³/mol. The first-order valence-corrected chi connectivity index (χ1v) is 7.95. The van der Waals surface area contributed by atoms with Crippen LogP contribution in [0.1, 0.15) is 42.8 Å². The van der Waals surface area contributed by atoms with E-state index >= 15 is 0 Å². The summed E-state index contributed by atoms with van der Waals surface area (Å²) >= 11 is 5.88. The zero-order valence-electron chi connectivity index (χ0n) is 13.3. The van der Waals surface area contributed by atoms with Crippen LogP contribution in [0.3, 0.4) is 0 Å². The third-order valence-electron chi connectivity index (χ3n) is 3.80. The van der Waals surface area contributed by atoms with Gasteiger partial charge in [0.25, 0.3) is 0 Å². The Morgan fingerprint density at radius 1 is 1.18 bits per heavy atom. The quantitative estimate of drug-likeness (QED) is 0.844. The number of nitrogens with zero attached hydrogens (tertiary/aromatic N) is 1. The largest absolute Gasteiger partial charge is 0.387 e. The Morgan fingerprint density at radius 2 is 1.86 bits per heavy atom. The lowest BCUT2D eigenvalue weighted by molar-refractivity contribution is 0.165. The van der Waals surface area contributed by atoms with E-state index in [0.29, 0.717) is 17.5 Å². The van der Waals surface area contributed by atoms with Crippen molar-refractivity contribution in [3.63, 3.8) is 0 Å². The summed E-state index contributed by atoms with van der Waals surface area (Å²) in [5.74, 6) is 0.381. The zero-order valence-corrected chi connectivity index (χ0v) is 14.0. The highest BCUT2D eigenvalue weighted by Gasteiger charge is 2.20. The summed E-state index contributed by atoms with van der Waals surface area (Å²) in [6.07, 6.45) is 1.25. The summed E-state index contributed by atoms with van der Waals surface area (Å²) in [6, 6.07) is 11.4. The van der Waals surface area contributed by atoms with Gasteiger partial charge in [0.2, 0.25) is 0 Å². The summed E-state index contributed by atoms with van der Waals surface area (Å²) in [4.78, 5) is 4.50. The van der Waals surface area contributed by atoms with E-state index in [4.69, 9.17) is 11.6 Å². The second-order valence-electron chi connectivity index (χ2n) is 5.90. The number of aliphatic hydroxyl groups is 1.